The number of rotatable bonds is 7. The maximum Gasteiger partial charge on any atom is 0.278 e. The van der Waals surface area contributed by atoms with E-state index in [1.807, 2.05) is 25.3 Å². The lowest BCUT2D eigenvalue weighted by Gasteiger charge is -2.30. The van der Waals surface area contributed by atoms with E-state index in [1.54, 1.807) is 24.8 Å². The third-order valence-electron chi connectivity index (χ3n) is 5.60. The molecule has 10 heteroatoms. The van der Waals surface area contributed by atoms with Crippen LogP contribution < -0.4 is 11.1 Å². The van der Waals surface area contributed by atoms with Crippen molar-refractivity contribution in [2.24, 2.45) is 5.92 Å². The minimum atomic E-state index is -0.526. The van der Waals surface area contributed by atoms with Gasteiger partial charge in [0.15, 0.2) is 5.82 Å². The van der Waals surface area contributed by atoms with Gasteiger partial charge in [-0.1, -0.05) is 25.1 Å². The average Bonchev–Trinajstić information content (AvgIpc) is 3.30. The van der Waals surface area contributed by atoms with Gasteiger partial charge >= 0.3 is 0 Å². The van der Waals surface area contributed by atoms with E-state index in [0.717, 1.165) is 23.4 Å². The zero-order valence-electron chi connectivity index (χ0n) is 18.4. The van der Waals surface area contributed by atoms with Gasteiger partial charge in [0.25, 0.3) is 5.89 Å². The van der Waals surface area contributed by atoms with E-state index in [4.69, 9.17) is 10.3 Å². The molecule has 0 saturated carbocycles. The topological polar surface area (TPSA) is 141 Å². The van der Waals surface area contributed by atoms with Crippen LogP contribution in [-0.2, 0) is 5.41 Å². The first kappa shape index (κ1) is 21.3. The summed E-state index contributed by atoms with van der Waals surface area (Å²) >= 11 is 0. The Morgan fingerprint density at radius 3 is 2.31 bits per heavy atom. The molecule has 4 heterocycles. The first-order valence-electron chi connectivity index (χ1n) is 10.4. The van der Waals surface area contributed by atoms with Crippen LogP contribution in [0.1, 0.15) is 39.1 Å². The number of anilines is 2. The van der Waals surface area contributed by atoms with Crippen molar-refractivity contribution in [3.63, 3.8) is 0 Å². The third kappa shape index (κ3) is 3.98. The third-order valence-corrected chi connectivity index (χ3v) is 5.60. The second-order valence-electron chi connectivity index (χ2n) is 7.86. The largest absolute Gasteiger partial charge is 0.369 e. The Kier molecular flexibility index (Phi) is 5.76. The van der Waals surface area contributed by atoms with Gasteiger partial charge in [-0.2, -0.15) is 4.98 Å². The molecule has 0 amide bonds. The molecule has 32 heavy (non-hydrogen) atoms. The van der Waals surface area contributed by atoms with Crippen molar-refractivity contribution < 1.29 is 4.52 Å². The Morgan fingerprint density at radius 1 is 0.969 bits per heavy atom. The molecule has 10 nitrogen and oxygen atoms in total. The Balaban J connectivity index is 1.64. The molecule has 0 aliphatic rings. The molecule has 0 radical (unpaired) electrons. The van der Waals surface area contributed by atoms with Crippen LogP contribution in [0.25, 0.3) is 22.8 Å². The zero-order valence-corrected chi connectivity index (χ0v) is 18.4. The SMILES string of the molecule is CCNc1cnc(-c2nc([C@](C)(c3ccc(-c4cnc(N)nc4)nc3)C(C)C)no2)cn1. The van der Waals surface area contributed by atoms with Gasteiger partial charge in [0.05, 0.1) is 23.5 Å². The van der Waals surface area contributed by atoms with E-state index in [-0.39, 0.29) is 11.9 Å². The van der Waals surface area contributed by atoms with Gasteiger partial charge in [-0.3, -0.25) is 4.98 Å². The zero-order chi connectivity index (χ0) is 22.7. The molecule has 3 N–H and O–H groups in total. The molecule has 0 aromatic carbocycles. The highest BCUT2D eigenvalue weighted by Crippen LogP contribution is 2.38. The van der Waals surface area contributed by atoms with Gasteiger partial charge in [0.1, 0.15) is 11.5 Å². The summed E-state index contributed by atoms with van der Waals surface area (Å²) in [5, 5.41) is 7.39. The lowest BCUT2D eigenvalue weighted by molar-refractivity contribution is 0.350. The van der Waals surface area contributed by atoms with Gasteiger partial charge in [-0.15, -0.1) is 0 Å². The van der Waals surface area contributed by atoms with E-state index in [2.05, 4.69) is 61.1 Å². The lowest BCUT2D eigenvalue weighted by Crippen LogP contribution is -2.31. The van der Waals surface area contributed by atoms with Gasteiger partial charge in [-0.25, -0.2) is 19.9 Å². The number of nitrogen functional groups attached to an aromatic ring is 1. The Bertz CT molecular complexity index is 1170. The van der Waals surface area contributed by atoms with Crippen LogP contribution in [0.3, 0.4) is 0 Å². The molecule has 0 bridgehead atoms. The van der Waals surface area contributed by atoms with Crippen LogP contribution in [-0.4, -0.2) is 41.6 Å². The average molecular weight is 432 g/mol. The normalized spacial score (nSPS) is 13.2. The second-order valence-corrected chi connectivity index (χ2v) is 7.86. The number of hydrogen-bond donors (Lipinski definition) is 2. The van der Waals surface area contributed by atoms with Crippen LogP contribution in [0.2, 0.25) is 0 Å². The van der Waals surface area contributed by atoms with E-state index in [9.17, 15) is 0 Å². The maximum atomic E-state index is 5.57. The molecule has 0 aliphatic heterocycles. The van der Waals surface area contributed by atoms with Crippen LogP contribution in [0.15, 0.2) is 47.6 Å². The summed E-state index contributed by atoms with van der Waals surface area (Å²) in [6.07, 6.45) is 8.40. The smallest absolute Gasteiger partial charge is 0.278 e. The van der Waals surface area contributed by atoms with E-state index >= 15 is 0 Å². The molecule has 0 fully saturated rings. The molecule has 0 unspecified atom stereocenters. The predicted molar refractivity (Wildman–Crippen MR) is 120 cm³/mol. The van der Waals surface area contributed by atoms with E-state index in [0.29, 0.717) is 23.2 Å². The van der Waals surface area contributed by atoms with Crippen LogP contribution in [0.4, 0.5) is 11.8 Å². The summed E-state index contributed by atoms with van der Waals surface area (Å²) in [5.41, 5.74) is 8.08. The minimum Gasteiger partial charge on any atom is -0.369 e. The van der Waals surface area contributed by atoms with Crippen molar-refractivity contribution in [2.75, 3.05) is 17.6 Å². The quantitative estimate of drug-likeness (QED) is 0.447. The van der Waals surface area contributed by atoms with Crippen LogP contribution >= 0.6 is 0 Å². The number of hydrogen-bond acceptors (Lipinski definition) is 10. The summed E-state index contributed by atoms with van der Waals surface area (Å²) in [5.74, 6) is 1.98. The summed E-state index contributed by atoms with van der Waals surface area (Å²) in [6, 6.07) is 3.94. The fourth-order valence-electron chi connectivity index (χ4n) is 3.31. The van der Waals surface area contributed by atoms with Crippen molar-refractivity contribution in [3.05, 3.63) is 54.5 Å². The van der Waals surface area contributed by atoms with E-state index in [1.165, 1.54) is 0 Å². The first-order chi connectivity index (χ1) is 15.4. The Hall–Kier alpha value is -3.95. The standard InChI is InChI=1S/C22H25N9O/c1-5-24-18-12-26-17(11-27-18)19-30-20(31-32-19)22(4,13(2)3)15-6-7-16(25-10-15)14-8-28-21(23)29-9-14/h6-13H,5H2,1-4H3,(H,24,27)(H2,23,28,29)/t22-/m0/s1. The summed E-state index contributed by atoms with van der Waals surface area (Å²) in [6.45, 7) is 9.07. The molecule has 0 spiro atoms. The fraction of sp³-hybridized carbons (Fsp3) is 0.318. The molecule has 4 rings (SSSR count). The lowest BCUT2D eigenvalue weighted by atomic mass is 9.73. The maximum absolute atomic E-state index is 5.57. The van der Waals surface area contributed by atoms with Crippen molar-refractivity contribution in [2.45, 2.75) is 33.1 Å². The van der Waals surface area contributed by atoms with Gasteiger partial charge < -0.3 is 15.6 Å². The molecule has 164 valence electrons. The Morgan fingerprint density at radius 2 is 1.72 bits per heavy atom. The number of nitrogens with two attached hydrogens (primary N) is 1. The second kappa shape index (κ2) is 8.66. The van der Waals surface area contributed by atoms with Crippen LogP contribution in [0.5, 0.6) is 0 Å². The molecule has 4 aromatic rings. The number of nitrogens with zero attached hydrogens (tertiary/aromatic N) is 7. The minimum absolute atomic E-state index is 0.169. The van der Waals surface area contributed by atoms with Crippen molar-refractivity contribution in [3.8, 4) is 22.8 Å². The van der Waals surface area contributed by atoms with Gasteiger partial charge in [0, 0.05) is 30.7 Å². The number of pyridine rings is 1. The molecule has 4 aromatic heterocycles. The number of nitrogens with one attached hydrogen (secondary N) is 1. The Labute approximate surface area is 185 Å². The van der Waals surface area contributed by atoms with Crippen LogP contribution in [0, 0.1) is 5.92 Å². The summed E-state index contributed by atoms with van der Waals surface area (Å²) in [7, 11) is 0. The van der Waals surface area contributed by atoms with Gasteiger partial charge in [-0.05, 0) is 31.4 Å². The summed E-state index contributed by atoms with van der Waals surface area (Å²) < 4.78 is 5.54. The molecule has 0 saturated heterocycles. The summed E-state index contributed by atoms with van der Waals surface area (Å²) in [4.78, 5) is 26.0. The fourth-order valence-corrected chi connectivity index (χ4v) is 3.31. The van der Waals surface area contributed by atoms with Crippen molar-refractivity contribution in [1.82, 2.24) is 35.1 Å². The molecule has 1 atom stereocenters. The monoisotopic (exact) mass is 431 g/mol. The first-order valence-corrected chi connectivity index (χ1v) is 10.4. The predicted octanol–water partition coefficient (Wildman–Crippen LogP) is 3.35. The highest BCUT2D eigenvalue weighted by molar-refractivity contribution is 5.57. The highest BCUT2D eigenvalue weighted by atomic mass is 16.5. The van der Waals surface area contributed by atoms with Crippen molar-refractivity contribution >= 4 is 11.8 Å². The van der Waals surface area contributed by atoms with E-state index < -0.39 is 5.41 Å². The number of aromatic nitrogens is 7. The van der Waals surface area contributed by atoms with Gasteiger partial charge in [0.2, 0.25) is 5.95 Å². The highest BCUT2D eigenvalue weighted by Gasteiger charge is 2.38. The molecular weight excluding hydrogens is 406 g/mol. The van der Waals surface area contributed by atoms with Crippen molar-refractivity contribution in [1.29, 1.82) is 0 Å². The molecule has 0 aliphatic carbocycles. The molecular formula is C22H25N9O.